The Morgan fingerprint density at radius 3 is 2.36 bits per heavy atom. The summed E-state index contributed by atoms with van der Waals surface area (Å²) in [5.41, 5.74) is 0.387. The normalized spacial score (nSPS) is 12.4. The van der Waals surface area contributed by atoms with Crippen molar-refractivity contribution in [3.63, 3.8) is 0 Å². The van der Waals surface area contributed by atoms with Crippen LogP contribution in [0.15, 0.2) is 0 Å². The summed E-state index contributed by atoms with van der Waals surface area (Å²) < 4.78 is 0. The molecule has 2 heteroatoms. The van der Waals surface area contributed by atoms with Gasteiger partial charge in [0.1, 0.15) is 0 Å². The van der Waals surface area contributed by atoms with Crippen molar-refractivity contribution in [1.29, 1.82) is 0 Å². The van der Waals surface area contributed by atoms with Crippen molar-refractivity contribution in [3.05, 3.63) is 0 Å². The highest BCUT2D eigenvalue weighted by Crippen LogP contribution is 2.15. The van der Waals surface area contributed by atoms with Gasteiger partial charge in [-0.3, -0.25) is 0 Å². The van der Waals surface area contributed by atoms with Crippen molar-refractivity contribution in [2.75, 3.05) is 33.2 Å². The molecule has 0 amide bonds. The Hall–Kier alpha value is -0.0800. The zero-order valence-electron chi connectivity index (χ0n) is 10.7. The fourth-order valence-electron chi connectivity index (χ4n) is 1.76. The lowest BCUT2D eigenvalue weighted by Gasteiger charge is -2.30. The molecule has 1 N–H and O–H groups in total. The molecule has 0 saturated heterocycles. The third kappa shape index (κ3) is 7.34. The Kier molecular flexibility index (Phi) is 7.20. The minimum atomic E-state index is 0.387. The monoisotopic (exact) mass is 200 g/mol. The lowest BCUT2D eigenvalue weighted by atomic mass is 9.92. The zero-order valence-corrected chi connectivity index (χ0v) is 10.7. The number of rotatable bonds is 8. The Balaban J connectivity index is 3.70. The van der Waals surface area contributed by atoms with Gasteiger partial charge < -0.3 is 10.2 Å². The average Bonchev–Trinajstić information content (AvgIpc) is 2.11. The van der Waals surface area contributed by atoms with Gasteiger partial charge in [0.2, 0.25) is 0 Å². The summed E-state index contributed by atoms with van der Waals surface area (Å²) in [6.45, 7) is 13.7. The van der Waals surface area contributed by atoms with E-state index in [4.69, 9.17) is 0 Å². The van der Waals surface area contributed by atoms with Crippen LogP contribution in [0.25, 0.3) is 0 Å². The van der Waals surface area contributed by atoms with Crippen molar-refractivity contribution in [2.45, 2.75) is 40.5 Å². The third-order valence-corrected chi connectivity index (χ3v) is 2.44. The summed E-state index contributed by atoms with van der Waals surface area (Å²) >= 11 is 0. The topological polar surface area (TPSA) is 15.3 Å². The van der Waals surface area contributed by atoms with E-state index in [0.29, 0.717) is 5.41 Å². The van der Waals surface area contributed by atoms with Crippen LogP contribution in [0, 0.1) is 5.41 Å². The predicted octanol–water partition coefficient (Wildman–Crippen LogP) is 2.35. The van der Waals surface area contributed by atoms with Crippen molar-refractivity contribution >= 4 is 0 Å². The Morgan fingerprint density at radius 1 is 1.21 bits per heavy atom. The summed E-state index contributed by atoms with van der Waals surface area (Å²) in [6, 6.07) is 0. The van der Waals surface area contributed by atoms with Gasteiger partial charge in [0.15, 0.2) is 0 Å². The lowest BCUT2D eigenvalue weighted by molar-refractivity contribution is 0.203. The number of hydrogen-bond acceptors (Lipinski definition) is 2. The highest BCUT2D eigenvalue weighted by atomic mass is 15.1. The largest absolute Gasteiger partial charge is 0.316 e. The Morgan fingerprint density at radius 2 is 1.86 bits per heavy atom. The zero-order chi connectivity index (χ0) is 11.0. The molecular weight excluding hydrogens is 172 g/mol. The highest BCUT2D eigenvalue weighted by molar-refractivity contribution is 4.74. The van der Waals surface area contributed by atoms with E-state index < -0.39 is 0 Å². The number of nitrogens with zero attached hydrogens (tertiary/aromatic N) is 1. The fourth-order valence-corrected chi connectivity index (χ4v) is 1.76. The lowest BCUT2D eigenvalue weighted by Crippen LogP contribution is -2.39. The van der Waals surface area contributed by atoms with Crippen LogP contribution in [0.1, 0.15) is 40.5 Å². The van der Waals surface area contributed by atoms with E-state index in [1.807, 2.05) is 0 Å². The highest BCUT2D eigenvalue weighted by Gasteiger charge is 2.18. The van der Waals surface area contributed by atoms with Crippen molar-refractivity contribution < 1.29 is 0 Å². The van der Waals surface area contributed by atoms with Crippen LogP contribution >= 0.6 is 0 Å². The van der Waals surface area contributed by atoms with Crippen LogP contribution < -0.4 is 5.32 Å². The van der Waals surface area contributed by atoms with Crippen LogP contribution in [0.3, 0.4) is 0 Å². The molecule has 0 aromatic heterocycles. The maximum atomic E-state index is 3.42. The molecule has 0 aromatic rings. The molecular formula is C12H28N2. The Bertz CT molecular complexity index is 132. The molecule has 0 atom stereocenters. The molecule has 0 aromatic carbocycles. The molecule has 14 heavy (non-hydrogen) atoms. The maximum Gasteiger partial charge on any atom is 0.00418 e. The molecule has 0 saturated carbocycles. The van der Waals surface area contributed by atoms with Gasteiger partial charge in [0.25, 0.3) is 0 Å². The molecule has 0 radical (unpaired) electrons. The van der Waals surface area contributed by atoms with Gasteiger partial charge in [0.05, 0.1) is 0 Å². The summed E-state index contributed by atoms with van der Waals surface area (Å²) in [6.07, 6.45) is 2.60. The van der Waals surface area contributed by atoms with Gasteiger partial charge in [-0.05, 0) is 32.0 Å². The Labute approximate surface area is 90.1 Å². The summed E-state index contributed by atoms with van der Waals surface area (Å²) in [4.78, 5) is 2.45. The number of hydrogen-bond donors (Lipinski definition) is 1. The molecule has 2 nitrogen and oxygen atoms in total. The van der Waals surface area contributed by atoms with Gasteiger partial charge in [0, 0.05) is 13.1 Å². The maximum absolute atomic E-state index is 3.42. The minimum Gasteiger partial charge on any atom is -0.316 e. The second-order valence-corrected chi connectivity index (χ2v) is 5.04. The van der Waals surface area contributed by atoms with E-state index in [0.717, 1.165) is 13.1 Å². The van der Waals surface area contributed by atoms with E-state index >= 15 is 0 Å². The molecule has 0 bridgehead atoms. The smallest absolute Gasteiger partial charge is 0.00418 e. The molecule has 0 spiro atoms. The first-order valence-electron chi connectivity index (χ1n) is 5.91. The third-order valence-electron chi connectivity index (χ3n) is 2.44. The quantitative estimate of drug-likeness (QED) is 0.647. The van der Waals surface area contributed by atoms with E-state index in [9.17, 15) is 0 Å². The second-order valence-electron chi connectivity index (χ2n) is 5.04. The fraction of sp³-hybridized carbons (Fsp3) is 1.00. The summed E-state index contributed by atoms with van der Waals surface area (Å²) in [7, 11) is 2.23. The van der Waals surface area contributed by atoms with Crippen LogP contribution in [0.5, 0.6) is 0 Å². The van der Waals surface area contributed by atoms with Gasteiger partial charge in [-0.25, -0.2) is 0 Å². The molecule has 0 heterocycles. The van der Waals surface area contributed by atoms with Gasteiger partial charge in [-0.2, -0.15) is 0 Å². The van der Waals surface area contributed by atoms with Crippen LogP contribution in [-0.4, -0.2) is 38.1 Å². The van der Waals surface area contributed by atoms with Gasteiger partial charge in [-0.15, -0.1) is 0 Å². The summed E-state index contributed by atoms with van der Waals surface area (Å²) in [5, 5.41) is 3.42. The molecule has 86 valence electrons. The first kappa shape index (κ1) is 13.9. The molecule has 0 aliphatic carbocycles. The number of nitrogens with one attached hydrogen (secondary N) is 1. The average molecular weight is 200 g/mol. The molecule has 0 rings (SSSR count). The van der Waals surface area contributed by atoms with Crippen molar-refractivity contribution in [2.24, 2.45) is 5.41 Å². The van der Waals surface area contributed by atoms with Crippen molar-refractivity contribution in [3.8, 4) is 0 Å². The van der Waals surface area contributed by atoms with E-state index in [2.05, 4.69) is 45.0 Å². The minimum absolute atomic E-state index is 0.387. The van der Waals surface area contributed by atoms with Crippen molar-refractivity contribution in [1.82, 2.24) is 10.2 Å². The van der Waals surface area contributed by atoms with E-state index in [1.165, 1.54) is 25.9 Å². The predicted molar refractivity (Wildman–Crippen MR) is 64.7 cm³/mol. The van der Waals surface area contributed by atoms with Gasteiger partial charge in [-0.1, -0.05) is 34.1 Å². The first-order chi connectivity index (χ1) is 6.52. The van der Waals surface area contributed by atoms with Crippen LogP contribution in [0.4, 0.5) is 0 Å². The van der Waals surface area contributed by atoms with Crippen LogP contribution in [-0.2, 0) is 0 Å². The summed E-state index contributed by atoms with van der Waals surface area (Å²) in [5.74, 6) is 0. The SMILES string of the molecule is CCCCN(C)CC(C)(C)CNCC. The standard InChI is InChI=1S/C12H28N2/c1-6-8-9-14(5)11-12(3,4)10-13-7-2/h13H,6-11H2,1-5H3. The van der Waals surface area contributed by atoms with Crippen LogP contribution in [0.2, 0.25) is 0 Å². The van der Waals surface area contributed by atoms with Gasteiger partial charge >= 0.3 is 0 Å². The molecule has 0 fully saturated rings. The molecule has 0 aliphatic rings. The first-order valence-corrected chi connectivity index (χ1v) is 5.91. The van der Waals surface area contributed by atoms with E-state index in [1.54, 1.807) is 0 Å². The molecule has 0 aliphatic heterocycles. The van der Waals surface area contributed by atoms with E-state index in [-0.39, 0.29) is 0 Å². The molecule has 0 unspecified atom stereocenters. The second kappa shape index (κ2) is 7.24. The number of unbranched alkanes of at least 4 members (excludes halogenated alkanes) is 1.